The lowest BCUT2D eigenvalue weighted by Gasteiger charge is -2.12. The Morgan fingerprint density at radius 3 is 2.76 bits per heavy atom. The highest BCUT2D eigenvalue weighted by atomic mass is 16.1. The molecule has 9 heteroatoms. The van der Waals surface area contributed by atoms with Crippen LogP contribution in [0.4, 0.5) is 11.4 Å². The molecule has 0 saturated carbocycles. The van der Waals surface area contributed by atoms with E-state index in [1.54, 1.807) is 0 Å². The molecule has 0 bridgehead atoms. The number of rotatable bonds is 6. The number of aromatic nitrogens is 4. The summed E-state index contributed by atoms with van der Waals surface area (Å²) in [6.07, 6.45) is 1.02. The van der Waals surface area contributed by atoms with Crippen molar-refractivity contribution in [2.75, 3.05) is 24.2 Å². The Morgan fingerprint density at radius 1 is 1.28 bits per heavy atom. The predicted molar refractivity (Wildman–Crippen MR) is 95.9 cm³/mol. The van der Waals surface area contributed by atoms with Gasteiger partial charge in [0.1, 0.15) is 0 Å². The third kappa shape index (κ3) is 3.16. The summed E-state index contributed by atoms with van der Waals surface area (Å²) >= 11 is 0. The summed E-state index contributed by atoms with van der Waals surface area (Å²) in [5, 5.41) is 8.99. The number of fused-ring (bicyclic) bond motifs is 1. The first-order valence-electron chi connectivity index (χ1n) is 7.89. The van der Waals surface area contributed by atoms with Gasteiger partial charge in [0.2, 0.25) is 5.82 Å². The maximum atomic E-state index is 12.2. The molecule has 3 rings (SSSR count). The van der Waals surface area contributed by atoms with Gasteiger partial charge in [-0.05, 0) is 18.6 Å². The van der Waals surface area contributed by atoms with Crippen LogP contribution in [0.15, 0.2) is 29.1 Å². The molecule has 0 atom stereocenters. The molecule has 2 heterocycles. The zero-order valence-corrected chi connectivity index (χ0v) is 14.0. The van der Waals surface area contributed by atoms with Gasteiger partial charge in [-0.25, -0.2) is 4.98 Å². The number of hydrogen-bond donors (Lipinski definition) is 4. The van der Waals surface area contributed by atoms with Crippen molar-refractivity contribution in [2.24, 2.45) is 5.73 Å². The molecule has 0 aliphatic heterocycles. The molecular formula is C16H19N7O2. The minimum Gasteiger partial charge on any atom is -0.386 e. The number of carbonyl (C=O) groups excluding carboxylic acids is 1. The lowest BCUT2D eigenvalue weighted by Crippen LogP contribution is -2.16. The lowest BCUT2D eigenvalue weighted by atomic mass is 10.1. The quantitative estimate of drug-likeness (QED) is 0.530. The first-order chi connectivity index (χ1) is 12.0. The van der Waals surface area contributed by atoms with E-state index in [4.69, 9.17) is 5.73 Å². The number of benzene rings is 1. The molecule has 0 spiro atoms. The van der Waals surface area contributed by atoms with Gasteiger partial charge in [-0.2, -0.15) is 9.50 Å². The van der Waals surface area contributed by atoms with E-state index >= 15 is 0 Å². The van der Waals surface area contributed by atoms with E-state index in [1.807, 2.05) is 25.2 Å². The van der Waals surface area contributed by atoms with Gasteiger partial charge in [-0.1, -0.05) is 13.0 Å². The number of aromatic amines is 1. The van der Waals surface area contributed by atoms with Crippen molar-refractivity contribution in [2.45, 2.75) is 13.3 Å². The minimum absolute atomic E-state index is 0.0930. The highest BCUT2D eigenvalue weighted by Crippen LogP contribution is 2.27. The summed E-state index contributed by atoms with van der Waals surface area (Å²) in [5.74, 6) is -0.775. The Hall–Kier alpha value is -3.36. The van der Waals surface area contributed by atoms with Crippen LogP contribution < -0.4 is 21.9 Å². The number of primary amides is 1. The zero-order valence-electron chi connectivity index (χ0n) is 14.0. The van der Waals surface area contributed by atoms with Crippen LogP contribution in [0.1, 0.15) is 24.0 Å². The molecule has 0 radical (unpaired) electrons. The molecule has 1 amide bonds. The summed E-state index contributed by atoms with van der Waals surface area (Å²) in [5.41, 5.74) is 7.90. The van der Waals surface area contributed by atoms with E-state index < -0.39 is 5.91 Å². The number of amides is 1. The van der Waals surface area contributed by atoms with Crippen molar-refractivity contribution >= 4 is 23.1 Å². The van der Waals surface area contributed by atoms with Crippen LogP contribution in [-0.2, 0) is 0 Å². The third-order valence-electron chi connectivity index (χ3n) is 3.71. The SMILES string of the molecule is CCCNc1ccc(-c2cc(=O)n3[nH]c(C(N)=O)nc3n2)cc1NC. The Labute approximate surface area is 143 Å². The average molecular weight is 341 g/mol. The number of hydrogen-bond acceptors (Lipinski definition) is 6. The zero-order chi connectivity index (χ0) is 18.0. The van der Waals surface area contributed by atoms with Crippen LogP contribution in [0, 0.1) is 0 Å². The summed E-state index contributed by atoms with van der Waals surface area (Å²) in [6, 6.07) is 7.08. The third-order valence-corrected chi connectivity index (χ3v) is 3.71. The molecule has 3 aromatic rings. The summed E-state index contributed by atoms with van der Waals surface area (Å²) in [7, 11) is 1.83. The van der Waals surface area contributed by atoms with Crippen molar-refractivity contribution in [1.82, 2.24) is 19.6 Å². The average Bonchev–Trinajstić information content (AvgIpc) is 3.05. The maximum absolute atomic E-state index is 12.2. The summed E-state index contributed by atoms with van der Waals surface area (Å²) < 4.78 is 1.08. The standard InChI is InChI=1S/C16H19N7O2/c1-3-6-19-10-5-4-9(7-12(10)18-2)11-8-13(24)23-16(20-11)21-15(22-23)14(17)25/h4-5,7-8,18-19H,3,6H2,1-2H3,(H2,17,25)(H,20,21,22). The van der Waals surface area contributed by atoms with Crippen molar-refractivity contribution in [3.8, 4) is 11.3 Å². The van der Waals surface area contributed by atoms with Gasteiger partial charge >= 0.3 is 0 Å². The Kier molecular flexibility index (Phi) is 4.38. The van der Waals surface area contributed by atoms with E-state index in [0.717, 1.165) is 34.4 Å². The van der Waals surface area contributed by atoms with Crippen molar-refractivity contribution in [3.63, 3.8) is 0 Å². The van der Waals surface area contributed by atoms with Crippen LogP contribution in [-0.4, -0.2) is 39.1 Å². The van der Waals surface area contributed by atoms with Crippen LogP contribution in [0.3, 0.4) is 0 Å². The smallest absolute Gasteiger partial charge is 0.286 e. The normalized spacial score (nSPS) is 10.8. The van der Waals surface area contributed by atoms with Crippen LogP contribution in [0.2, 0.25) is 0 Å². The molecule has 0 aliphatic rings. The molecule has 5 N–H and O–H groups in total. The molecule has 9 nitrogen and oxygen atoms in total. The second-order valence-corrected chi connectivity index (χ2v) is 5.49. The highest BCUT2D eigenvalue weighted by Gasteiger charge is 2.13. The van der Waals surface area contributed by atoms with Gasteiger partial charge < -0.3 is 16.4 Å². The molecule has 130 valence electrons. The molecular weight excluding hydrogens is 322 g/mol. The van der Waals surface area contributed by atoms with Crippen LogP contribution in [0.5, 0.6) is 0 Å². The summed E-state index contributed by atoms with van der Waals surface area (Å²) in [4.78, 5) is 31.8. The van der Waals surface area contributed by atoms with E-state index in [0.29, 0.717) is 5.69 Å². The van der Waals surface area contributed by atoms with Gasteiger partial charge in [-0.3, -0.25) is 14.7 Å². The predicted octanol–water partition coefficient (Wildman–Crippen LogP) is 1.05. The maximum Gasteiger partial charge on any atom is 0.286 e. The van der Waals surface area contributed by atoms with Crippen molar-refractivity contribution in [1.29, 1.82) is 0 Å². The molecule has 1 aromatic carbocycles. The number of H-pyrrole nitrogens is 1. The van der Waals surface area contributed by atoms with Gasteiger partial charge in [0.05, 0.1) is 17.1 Å². The van der Waals surface area contributed by atoms with Gasteiger partial charge in [0, 0.05) is 25.2 Å². The fourth-order valence-electron chi connectivity index (χ4n) is 2.46. The van der Waals surface area contributed by atoms with Crippen molar-refractivity contribution < 1.29 is 4.79 Å². The number of nitrogens with one attached hydrogen (secondary N) is 3. The largest absolute Gasteiger partial charge is 0.386 e. The number of nitrogens with zero attached hydrogens (tertiary/aromatic N) is 3. The molecule has 2 aromatic heterocycles. The Morgan fingerprint density at radius 2 is 2.08 bits per heavy atom. The number of anilines is 2. The Bertz CT molecular complexity index is 990. The Balaban J connectivity index is 2.06. The van der Waals surface area contributed by atoms with E-state index in [9.17, 15) is 9.59 Å². The molecule has 25 heavy (non-hydrogen) atoms. The van der Waals surface area contributed by atoms with E-state index in [1.165, 1.54) is 6.07 Å². The van der Waals surface area contributed by atoms with Gasteiger partial charge in [-0.15, -0.1) is 0 Å². The highest BCUT2D eigenvalue weighted by molar-refractivity contribution is 5.89. The number of carbonyl (C=O) groups is 1. The monoisotopic (exact) mass is 341 g/mol. The molecule has 0 saturated heterocycles. The topological polar surface area (TPSA) is 130 Å². The fourth-order valence-corrected chi connectivity index (χ4v) is 2.46. The first kappa shape index (κ1) is 16.5. The molecule has 0 fully saturated rings. The number of nitrogens with two attached hydrogens (primary N) is 1. The minimum atomic E-state index is -0.754. The van der Waals surface area contributed by atoms with Gasteiger partial charge in [0.15, 0.2) is 0 Å². The van der Waals surface area contributed by atoms with E-state index in [2.05, 4.69) is 32.6 Å². The van der Waals surface area contributed by atoms with Crippen LogP contribution >= 0.6 is 0 Å². The van der Waals surface area contributed by atoms with Gasteiger partial charge in [0.25, 0.3) is 17.2 Å². The second kappa shape index (κ2) is 6.63. The lowest BCUT2D eigenvalue weighted by molar-refractivity contribution is 0.0990. The van der Waals surface area contributed by atoms with E-state index in [-0.39, 0.29) is 17.2 Å². The second-order valence-electron chi connectivity index (χ2n) is 5.49. The first-order valence-corrected chi connectivity index (χ1v) is 7.89. The molecule has 0 aliphatic carbocycles. The van der Waals surface area contributed by atoms with Crippen molar-refractivity contribution in [3.05, 3.63) is 40.4 Å². The fraction of sp³-hybridized carbons (Fsp3) is 0.250. The summed E-state index contributed by atoms with van der Waals surface area (Å²) in [6.45, 7) is 2.96. The molecule has 0 unspecified atom stereocenters. The van der Waals surface area contributed by atoms with Crippen LogP contribution in [0.25, 0.3) is 17.0 Å².